The van der Waals surface area contributed by atoms with Crippen LogP contribution < -0.4 is 18.7 Å². The summed E-state index contributed by atoms with van der Waals surface area (Å²) < 4.78 is 31.2. The van der Waals surface area contributed by atoms with E-state index < -0.39 is 7.82 Å². The molecule has 0 bridgehead atoms. The van der Waals surface area contributed by atoms with Crippen LogP contribution in [0.2, 0.25) is 0 Å². The average Bonchev–Trinajstić information content (AvgIpc) is 2.64. The first kappa shape index (κ1) is 20.5. The van der Waals surface area contributed by atoms with Gasteiger partial charge in [0.15, 0.2) is 17.8 Å². The van der Waals surface area contributed by atoms with Crippen LogP contribution in [0, 0.1) is 0 Å². The molecular weight excluding hydrogens is 375 g/mol. The molecule has 0 radical (unpaired) electrons. The third-order valence-corrected chi connectivity index (χ3v) is 3.99. The maximum absolute atomic E-state index is 11.2. The molecule has 144 valence electrons. The summed E-state index contributed by atoms with van der Waals surface area (Å²) in [7, 11) is -0.462. The van der Waals surface area contributed by atoms with Crippen molar-refractivity contribution >= 4 is 26.3 Å². The molecule has 0 aliphatic carbocycles. The van der Waals surface area contributed by atoms with E-state index in [0.29, 0.717) is 34.5 Å². The maximum Gasteiger partial charge on any atom is 0.524 e. The van der Waals surface area contributed by atoms with Gasteiger partial charge in [-0.1, -0.05) is 18.2 Å². The SMILES string of the molecule is COc1ccc(/C=C\c2cc(OC)c(C=O)c(OC)c2)cc1OP(=O)(O)O. The Morgan fingerprint density at radius 3 is 1.81 bits per heavy atom. The lowest BCUT2D eigenvalue weighted by atomic mass is 10.1. The van der Waals surface area contributed by atoms with E-state index in [0.717, 1.165) is 0 Å². The molecule has 9 heteroatoms. The lowest BCUT2D eigenvalue weighted by Gasteiger charge is -2.12. The third-order valence-electron chi connectivity index (χ3n) is 3.56. The minimum atomic E-state index is -4.73. The Morgan fingerprint density at radius 1 is 0.815 bits per heavy atom. The highest BCUT2D eigenvalue weighted by Crippen LogP contribution is 2.42. The van der Waals surface area contributed by atoms with Gasteiger partial charge in [0.2, 0.25) is 0 Å². The van der Waals surface area contributed by atoms with Crippen LogP contribution in [0.5, 0.6) is 23.0 Å². The summed E-state index contributed by atoms with van der Waals surface area (Å²) >= 11 is 0. The topological polar surface area (TPSA) is 112 Å². The molecule has 0 fully saturated rings. The van der Waals surface area contributed by atoms with Gasteiger partial charge in [-0.05, 0) is 35.4 Å². The molecule has 27 heavy (non-hydrogen) atoms. The fourth-order valence-electron chi connectivity index (χ4n) is 2.36. The van der Waals surface area contributed by atoms with Gasteiger partial charge in [0, 0.05) is 0 Å². The second kappa shape index (κ2) is 8.73. The van der Waals surface area contributed by atoms with Crippen LogP contribution in [0.15, 0.2) is 30.3 Å². The molecule has 0 saturated heterocycles. The molecular formula is C18H19O8P. The highest BCUT2D eigenvalue weighted by Gasteiger charge is 2.19. The first-order valence-corrected chi connectivity index (χ1v) is 9.16. The van der Waals surface area contributed by atoms with E-state index in [1.165, 1.54) is 33.5 Å². The van der Waals surface area contributed by atoms with Crippen molar-refractivity contribution in [1.82, 2.24) is 0 Å². The molecule has 0 aliphatic rings. The Labute approximate surface area is 156 Å². The van der Waals surface area contributed by atoms with Crippen molar-refractivity contribution in [3.63, 3.8) is 0 Å². The van der Waals surface area contributed by atoms with Gasteiger partial charge in [-0.15, -0.1) is 0 Å². The summed E-state index contributed by atoms with van der Waals surface area (Å²) in [5, 5.41) is 0. The van der Waals surface area contributed by atoms with Crippen molar-refractivity contribution < 1.29 is 37.9 Å². The number of hydrogen-bond acceptors (Lipinski definition) is 6. The molecule has 0 heterocycles. The van der Waals surface area contributed by atoms with E-state index in [1.807, 2.05) is 0 Å². The zero-order valence-corrected chi connectivity index (χ0v) is 15.8. The number of methoxy groups -OCH3 is 3. The Morgan fingerprint density at radius 2 is 1.33 bits per heavy atom. The van der Waals surface area contributed by atoms with Gasteiger partial charge in [-0.3, -0.25) is 14.6 Å². The smallest absolute Gasteiger partial charge is 0.496 e. The van der Waals surface area contributed by atoms with Crippen molar-refractivity contribution in [3.05, 3.63) is 47.0 Å². The molecule has 2 aromatic carbocycles. The van der Waals surface area contributed by atoms with E-state index in [2.05, 4.69) is 4.52 Å². The average molecular weight is 394 g/mol. The fraction of sp³-hybridized carbons (Fsp3) is 0.167. The molecule has 2 aromatic rings. The van der Waals surface area contributed by atoms with Gasteiger partial charge in [-0.2, -0.15) is 0 Å². The first-order chi connectivity index (χ1) is 12.8. The second-order valence-electron chi connectivity index (χ2n) is 5.28. The Hall–Kier alpha value is -2.80. The number of rotatable bonds is 8. The van der Waals surface area contributed by atoms with Crippen molar-refractivity contribution in [2.75, 3.05) is 21.3 Å². The Kier molecular flexibility index (Phi) is 6.63. The molecule has 0 amide bonds. The van der Waals surface area contributed by atoms with Gasteiger partial charge in [0.25, 0.3) is 0 Å². The number of phosphoric acid groups is 1. The van der Waals surface area contributed by atoms with E-state index in [4.69, 9.17) is 24.0 Å². The van der Waals surface area contributed by atoms with Crippen LogP contribution in [-0.4, -0.2) is 37.4 Å². The lowest BCUT2D eigenvalue weighted by Crippen LogP contribution is -1.96. The van der Waals surface area contributed by atoms with Gasteiger partial charge in [0.1, 0.15) is 11.5 Å². The molecule has 8 nitrogen and oxygen atoms in total. The summed E-state index contributed by atoms with van der Waals surface area (Å²) in [4.78, 5) is 29.2. The van der Waals surface area contributed by atoms with E-state index in [9.17, 15) is 9.36 Å². The first-order valence-electron chi connectivity index (χ1n) is 7.63. The van der Waals surface area contributed by atoms with Gasteiger partial charge in [-0.25, -0.2) is 4.57 Å². The van der Waals surface area contributed by atoms with Crippen molar-refractivity contribution in [2.24, 2.45) is 0 Å². The normalized spacial score (nSPS) is 11.3. The molecule has 0 aromatic heterocycles. The van der Waals surface area contributed by atoms with Gasteiger partial charge < -0.3 is 18.7 Å². The number of hydrogen-bond donors (Lipinski definition) is 2. The summed E-state index contributed by atoms with van der Waals surface area (Å²) in [6, 6.07) is 7.98. The minimum Gasteiger partial charge on any atom is -0.496 e. The predicted octanol–water partition coefficient (Wildman–Crippen LogP) is 3.17. The monoisotopic (exact) mass is 394 g/mol. The van der Waals surface area contributed by atoms with Crippen molar-refractivity contribution in [2.45, 2.75) is 0 Å². The van der Waals surface area contributed by atoms with Crippen LogP contribution in [0.25, 0.3) is 12.2 Å². The summed E-state index contributed by atoms with van der Waals surface area (Å²) in [6.07, 6.45) is 4.07. The quantitative estimate of drug-likeness (QED) is 0.399. The molecule has 2 rings (SSSR count). The molecule has 0 saturated carbocycles. The lowest BCUT2D eigenvalue weighted by molar-refractivity contribution is 0.111. The van der Waals surface area contributed by atoms with E-state index in [-0.39, 0.29) is 11.5 Å². The maximum atomic E-state index is 11.2. The number of benzene rings is 2. The third kappa shape index (κ3) is 5.34. The predicted molar refractivity (Wildman–Crippen MR) is 99.5 cm³/mol. The highest BCUT2D eigenvalue weighted by atomic mass is 31.2. The summed E-state index contributed by atoms with van der Waals surface area (Å²) in [5.74, 6) is 0.835. The largest absolute Gasteiger partial charge is 0.524 e. The van der Waals surface area contributed by atoms with Crippen molar-refractivity contribution in [1.29, 1.82) is 0 Å². The standard InChI is InChI=1S/C18H19O8P/c1-23-15-7-6-12(8-18(15)26-27(20,21)22)4-5-13-9-16(24-2)14(11-19)17(10-13)25-3/h4-11H,1-3H3,(H2,20,21,22)/b5-4-. The number of aldehydes is 1. The zero-order chi connectivity index (χ0) is 20.0. The number of ether oxygens (including phenoxy) is 3. The van der Waals surface area contributed by atoms with Crippen LogP contribution >= 0.6 is 7.82 Å². The summed E-state index contributed by atoms with van der Waals surface area (Å²) in [5.41, 5.74) is 1.61. The molecule has 0 aliphatic heterocycles. The number of carbonyl (C=O) groups excluding carboxylic acids is 1. The highest BCUT2D eigenvalue weighted by molar-refractivity contribution is 7.46. The van der Waals surface area contributed by atoms with Gasteiger partial charge in [0.05, 0.1) is 26.9 Å². The Bertz CT molecular complexity index is 875. The summed E-state index contributed by atoms with van der Waals surface area (Å²) in [6.45, 7) is 0. The fourth-order valence-corrected chi connectivity index (χ4v) is 2.76. The second-order valence-corrected chi connectivity index (χ2v) is 6.45. The van der Waals surface area contributed by atoms with E-state index in [1.54, 1.807) is 30.4 Å². The number of phosphoric ester groups is 1. The molecule has 0 atom stereocenters. The minimum absolute atomic E-state index is 0.0838. The van der Waals surface area contributed by atoms with E-state index >= 15 is 0 Å². The molecule has 0 unspecified atom stereocenters. The van der Waals surface area contributed by atoms with Gasteiger partial charge >= 0.3 is 7.82 Å². The zero-order valence-electron chi connectivity index (χ0n) is 14.9. The Balaban J connectivity index is 2.39. The van der Waals surface area contributed by atoms with Crippen molar-refractivity contribution in [3.8, 4) is 23.0 Å². The van der Waals surface area contributed by atoms with Crippen LogP contribution in [0.4, 0.5) is 0 Å². The molecule has 0 spiro atoms. The molecule has 2 N–H and O–H groups in total. The van der Waals surface area contributed by atoms with Crippen LogP contribution in [0.3, 0.4) is 0 Å². The van der Waals surface area contributed by atoms with Crippen LogP contribution in [0.1, 0.15) is 21.5 Å². The number of carbonyl (C=O) groups is 1. The van der Waals surface area contributed by atoms with Crippen LogP contribution in [-0.2, 0) is 4.57 Å².